The number of aromatic nitrogens is 1. The van der Waals surface area contributed by atoms with Gasteiger partial charge in [0.15, 0.2) is 0 Å². The van der Waals surface area contributed by atoms with E-state index in [2.05, 4.69) is 15.2 Å². The number of piperidine rings is 2. The second-order valence-corrected chi connectivity index (χ2v) is 10.1. The van der Waals surface area contributed by atoms with Crippen LogP contribution < -0.4 is 5.32 Å². The van der Waals surface area contributed by atoms with Crippen LogP contribution in [0, 0.1) is 6.92 Å². The summed E-state index contributed by atoms with van der Waals surface area (Å²) in [5.74, 6) is -1.01. The third-order valence-electron chi connectivity index (χ3n) is 7.54. The quantitative estimate of drug-likeness (QED) is 0.502. The summed E-state index contributed by atoms with van der Waals surface area (Å²) in [5, 5.41) is 14.8. The summed E-state index contributed by atoms with van der Waals surface area (Å²) in [6.45, 7) is 3.66. The Kier molecular flexibility index (Phi) is 6.53. The van der Waals surface area contributed by atoms with Gasteiger partial charge in [0.2, 0.25) is 11.8 Å². The highest BCUT2D eigenvalue weighted by Gasteiger charge is 2.35. The van der Waals surface area contributed by atoms with E-state index in [0.717, 1.165) is 45.3 Å². The Morgan fingerprint density at radius 1 is 1.11 bits per heavy atom. The van der Waals surface area contributed by atoms with Gasteiger partial charge in [-0.2, -0.15) is 13.2 Å². The number of pyridine rings is 1. The summed E-state index contributed by atoms with van der Waals surface area (Å²) in [4.78, 5) is 30.6. The molecule has 2 saturated heterocycles. The average Bonchev–Trinajstić information content (AvgIpc) is 2.85. The second-order valence-electron chi connectivity index (χ2n) is 10.1. The number of likely N-dealkylation sites (tertiary alicyclic amines) is 1. The van der Waals surface area contributed by atoms with Gasteiger partial charge in [0.1, 0.15) is 0 Å². The fraction of sp³-hybridized carbons (Fsp3) is 0.393. The van der Waals surface area contributed by atoms with Crippen molar-refractivity contribution in [2.75, 3.05) is 13.1 Å². The van der Waals surface area contributed by atoms with Gasteiger partial charge < -0.3 is 5.11 Å². The molecule has 0 bridgehead atoms. The molecule has 2 aliphatic rings. The van der Waals surface area contributed by atoms with Gasteiger partial charge in [0.05, 0.1) is 22.6 Å². The molecule has 6 nitrogen and oxygen atoms in total. The first-order valence-corrected chi connectivity index (χ1v) is 12.4. The molecule has 1 aromatic heterocycles. The standard InChI is InChI=1S/C28H28F3N3O3/c1-17-12-22(14-19-13-20(15-32-25(17)19)23-6-7-24(35)33-26(23)36)27(37)8-10-34(11-9-27)16-18-2-4-21(5-3-18)28(29,30)31/h2-5,12-15,23,37H,6-11,16H2,1H3,(H,33,35,36). The molecule has 2 aromatic carbocycles. The first kappa shape index (κ1) is 25.4. The largest absolute Gasteiger partial charge is 0.416 e. The molecule has 9 heteroatoms. The molecule has 3 aromatic rings. The Morgan fingerprint density at radius 3 is 2.46 bits per heavy atom. The van der Waals surface area contributed by atoms with Crippen molar-refractivity contribution < 1.29 is 27.9 Å². The lowest BCUT2D eigenvalue weighted by atomic mass is 9.82. The van der Waals surface area contributed by atoms with Crippen LogP contribution in [0.3, 0.4) is 0 Å². The molecular weight excluding hydrogens is 483 g/mol. The maximum absolute atomic E-state index is 12.8. The van der Waals surface area contributed by atoms with E-state index in [0.29, 0.717) is 38.9 Å². The predicted octanol–water partition coefficient (Wildman–Crippen LogP) is 4.57. The van der Waals surface area contributed by atoms with Gasteiger partial charge >= 0.3 is 6.18 Å². The highest BCUT2D eigenvalue weighted by Crippen LogP contribution is 2.37. The summed E-state index contributed by atoms with van der Waals surface area (Å²) in [7, 11) is 0. The molecule has 0 aliphatic carbocycles. The van der Waals surface area contributed by atoms with Crippen LogP contribution in [0.25, 0.3) is 10.9 Å². The van der Waals surface area contributed by atoms with Gasteiger partial charge in [-0.25, -0.2) is 0 Å². The van der Waals surface area contributed by atoms with Crippen LogP contribution in [-0.4, -0.2) is 39.9 Å². The molecule has 37 heavy (non-hydrogen) atoms. The zero-order chi connectivity index (χ0) is 26.4. The Labute approximate surface area is 212 Å². The lowest BCUT2D eigenvalue weighted by molar-refractivity contribution is -0.138. The van der Waals surface area contributed by atoms with E-state index in [1.807, 2.05) is 25.1 Å². The Hall–Kier alpha value is -3.30. The molecule has 0 spiro atoms. The van der Waals surface area contributed by atoms with E-state index >= 15 is 0 Å². The number of aliphatic hydroxyl groups is 1. The Bertz CT molecular complexity index is 1350. The number of carbonyl (C=O) groups excluding carboxylic acids is 2. The smallest absolute Gasteiger partial charge is 0.385 e. The first-order valence-electron chi connectivity index (χ1n) is 12.4. The average molecular weight is 512 g/mol. The van der Waals surface area contributed by atoms with Crippen molar-refractivity contribution in [1.29, 1.82) is 0 Å². The van der Waals surface area contributed by atoms with E-state index in [4.69, 9.17) is 0 Å². The minimum Gasteiger partial charge on any atom is -0.385 e. The van der Waals surface area contributed by atoms with Crippen molar-refractivity contribution in [3.63, 3.8) is 0 Å². The van der Waals surface area contributed by atoms with E-state index in [-0.39, 0.29) is 18.2 Å². The number of aryl methyl sites for hydroxylation is 1. The second kappa shape index (κ2) is 9.54. The first-order chi connectivity index (χ1) is 17.5. The fourth-order valence-electron chi connectivity index (χ4n) is 5.35. The zero-order valence-corrected chi connectivity index (χ0v) is 20.4. The van der Waals surface area contributed by atoms with Gasteiger partial charge in [0.25, 0.3) is 0 Å². The van der Waals surface area contributed by atoms with Crippen LogP contribution >= 0.6 is 0 Å². The summed E-state index contributed by atoms with van der Waals surface area (Å²) in [6, 6.07) is 11.0. The van der Waals surface area contributed by atoms with Crippen LogP contribution in [-0.2, 0) is 27.9 Å². The van der Waals surface area contributed by atoms with Crippen molar-refractivity contribution in [2.24, 2.45) is 0 Å². The minimum atomic E-state index is -4.35. The molecule has 5 rings (SSSR count). The molecule has 0 saturated carbocycles. The van der Waals surface area contributed by atoms with E-state index in [1.54, 1.807) is 6.20 Å². The number of imide groups is 1. The van der Waals surface area contributed by atoms with Crippen LogP contribution in [0.1, 0.15) is 59.4 Å². The van der Waals surface area contributed by atoms with E-state index < -0.39 is 23.3 Å². The summed E-state index contributed by atoms with van der Waals surface area (Å²) >= 11 is 0. The summed E-state index contributed by atoms with van der Waals surface area (Å²) in [5.41, 5.74) is 2.34. The van der Waals surface area contributed by atoms with Crippen molar-refractivity contribution >= 4 is 22.7 Å². The molecule has 2 aliphatic heterocycles. The van der Waals surface area contributed by atoms with Crippen molar-refractivity contribution in [3.05, 3.63) is 76.5 Å². The number of rotatable bonds is 4. The Morgan fingerprint density at radius 2 is 1.81 bits per heavy atom. The molecule has 2 fully saturated rings. The van der Waals surface area contributed by atoms with Gasteiger partial charge in [-0.05, 0) is 72.7 Å². The third kappa shape index (κ3) is 5.24. The van der Waals surface area contributed by atoms with Crippen molar-refractivity contribution in [3.8, 4) is 0 Å². The van der Waals surface area contributed by atoms with Crippen LogP contribution in [0.15, 0.2) is 48.7 Å². The maximum atomic E-state index is 12.8. The topological polar surface area (TPSA) is 82.5 Å². The zero-order valence-electron chi connectivity index (χ0n) is 20.4. The van der Waals surface area contributed by atoms with Crippen LogP contribution in [0.5, 0.6) is 0 Å². The van der Waals surface area contributed by atoms with E-state index in [1.165, 1.54) is 12.1 Å². The van der Waals surface area contributed by atoms with Crippen LogP contribution in [0.2, 0.25) is 0 Å². The van der Waals surface area contributed by atoms with Gasteiger partial charge in [-0.15, -0.1) is 0 Å². The number of nitrogens with zero attached hydrogens (tertiary/aromatic N) is 2. The number of amides is 2. The van der Waals surface area contributed by atoms with Gasteiger partial charge in [-0.3, -0.25) is 24.8 Å². The molecule has 2 N–H and O–H groups in total. The number of alkyl halides is 3. The number of fused-ring (bicyclic) bond motifs is 1. The number of hydrogen-bond donors (Lipinski definition) is 2. The van der Waals surface area contributed by atoms with Crippen molar-refractivity contribution in [2.45, 2.75) is 56.8 Å². The number of benzene rings is 2. The molecule has 2 amide bonds. The molecule has 1 unspecified atom stereocenters. The monoisotopic (exact) mass is 511 g/mol. The maximum Gasteiger partial charge on any atom is 0.416 e. The fourth-order valence-corrected chi connectivity index (χ4v) is 5.35. The minimum absolute atomic E-state index is 0.264. The summed E-state index contributed by atoms with van der Waals surface area (Å²) in [6.07, 6.45) is -0.969. The van der Waals surface area contributed by atoms with Gasteiger partial charge in [-0.1, -0.05) is 18.2 Å². The number of hydrogen-bond acceptors (Lipinski definition) is 5. The molecule has 0 radical (unpaired) electrons. The molecular formula is C28H28F3N3O3. The lowest BCUT2D eigenvalue weighted by Crippen LogP contribution is -2.42. The van der Waals surface area contributed by atoms with Crippen molar-refractivity contribution in [1.82, 2.24) is 15.2 Å². The molecule has 194 valence electrons. The van der Waals surface area contributed by atoms with Crippen LogP contribution in [0.4, 0.5) is 13.2 Å². The highest BCUT2D eigenvalue weighted by molar-refractivity contribution is 6.01. The number of carbonyl (C=O) groups is 2. The SMILES string of the molecule is Cc1cc(C2(O)CCN(Cc3ccc(C(F)(F)F)cc3)CC2)cc2cc(C3CCC(=O)NC3=O)cnc12. The van der Waals surface area contributed by atoms with E-state index in [9.17, 15) is 27.9 Å². The molecule has 3 heterocycles. The lowest BCUT2D eigenvalue weighted by Gasteiger charge is -2.39. The third-order valence-corrected chi connectivity index (χ3v) is 7.54. The van der Waals surface area contributed by atoms with Gasteiger partial charge in [0, 0.05) is 37.6 Å². The number of halogens is 3. The number of nitrogens with one attached hydrogen (secondary N) is 1. The molecule has 1 atom stereocenters. The highest BCUT2D eigenvalue weighted by atomic mass is 19.4. The summed E-state index contributed by atoms with van der Waals surface area (Å²) < 4.78 is 38.5. The Balaban J connectivity index is 1.31. The normalized spacial score (nSPS) is 20.7. The predicted molar refractivity (Wildman–Crippen MR) is 131 cm³/mol.